The van der Waals surface area contributed by atoms with E-state index in [1.54, 1.807) is 0 Å². The van der Waals surface area contributed by atoms with Gasteiger partial charge in [0, 0.05) is 49.4 Å². The maximum Gasteiger partial charge on any atom is 0.143 e. The summed E-state index contributed by atoms with van der Waals surface area (Å²) in [6, 6.07) is 87.8. The molecule has 13 rings (SSSR count). The molecule has 0 saturated carbocycles. The van der Waals surface area contributed by atoms with E-state index in [4.69, 9.17) is 4.42 Å². The maximum atomic E-state index is 6.48. The van der Waals surface area contributed by atoms with Gasteiger partial charge >= 0.3 is 0 Å². The summed E-state index contributed by atoms with van der Waals surface area (Å²) in [6.07, 6.45) is 0. The molecule has 11 aromatic carbocycles. The first-order valence-electron chi connectivity index (χ1n) is 22.2. The van der Waals surface area contributed by atoms with Crippen LogP contribution in [-0.4, -0.2) is 4.57 Å². The van der Waals surface area contributed by atoms with Crippen LogP contribution in [0.3, 0.4) is 0 Å². The number of benzene rings is 11. The lowest BCUT2D eigenvalue weighted by Gasteiger charge is -2.28. The summed E-state index contributed by atoms with van der Waals surface area (Å²) < 4.78 is 8.93. The van der Waals surface area contributed by atoms with E-state index in [2.05, 4.69) is 240 Å². The minimum absolute atomic E-state index is 0.902. The van der Waals surface area contributed by atoms with Crippen molar-refractivity contribution in [1.29, 1.82) is 0 Å². The lowest BCUT2D eigenvalue weighted by atomic mass is 9.97. The first-order valence-corrected chi connectivity index (χ1v) is 22.2. The number of nitrogens with zero attached hydrogens (tertiary/aromatic N) is 2. The van der Waals surface area contributed by atoms with Crippen LogP contribution in [0.25, 0.3) is 104 Å². The monoisotopic (exact) mass is 828 g/mol. The van der Waals surface area contributed by atoms with Crippen LogP contribution in [0.1, 0.15) is 0 Å². The molecule has 0 bridgehead atoms. The fraction of sp³-hybridized carbons (Fsp3) is 0. The Morgan fingerprint density at radius 3 is 1.63 bits per heavy atom. The zero-order valence-corrected chi connectivity index (χ0v) is 35.4. The molecule has 2 heterocycles. The van der Waals surface area contributed by atoms with Crippen LogP contribution in [0.5, 0.6) is 0 Å². The highest BCUT2D eigenvalue weighted by Crippen LogP contribution is 2.45. The van der Waals surface area contributed by atoms with Gasteiger partial charge in [-0.1, -0.05) is 188 Å². The lowest BCUT2D eigenvalue weighted by molar-refractivity contribution is 0.670. The first kappa shape index (κ1) is 36.9. The fourth-order valence-corrected chi connectivity index (χ4v) is 10.2. The lowest BCUT2D eigenvalue weighted by Crippen LogP contribution is -2.10. The van der Waals surface area contributed by atoms with Crippen LogP contribution < -0.4 is 4.90 Å². The summed E-state index contributed by atoms with van der Waals surface area (Å²) in [5.41, 5.74) is 15.4. The summed E-state index contributed by atoms with van der Waals surface area (Å²) in [4.78, 5) is 2.41. The Balaban J connectivity index is 0.984. The number of fused-ring (bicyclic) bond motifs is 9. The molecule has 0 amide bonds. The van der Waals surface area contributed by atoms with Gasteiger partial charge in [0.25, 0.3) is 0 Å². The SMILES string of the molecule is c1ccc(-c2ccc(-c3ccc(N(c4ccc(-c5cccc6c5oc5ccccc56)cc4)c4cccc5ccc6ccccc6c45)cc3)c(-n3c4ccccc4c4ccccc43)c2)cc1. The topological polar surface area (TPSA) is 21.3 Å². The molecule has 0 spiro atoms. The van der Waals surface area contributed by atoms with E-state index in [-0.39, 0.29) is 0 Å². The predicted molar refractivity (Wildman–Crippen MR) is 274 cm³/mol. The Kier molecular flexibility index (Phi) is 8.53. The molecule has 2 aromatic heterocycles. The van der Waals surface area contributed by atoms with Crippen molar-refractivity contribution in [2.45, 2.75) is 0 Å². The Morgan fingerprint density at radius 2 is 0.892 bits per heavy atom. The van der Waals surface area contributed by atoms with Gasteiger partial charge in [-0.15, -0.1) is 0 Å². The Bertz CT molecular complexity index is 3880. The molecule has 13 aromatic rings. The van der Waals surface area contributed by atoms with Crippen molar-refractivity contribution in [3.63, 3.8) is 0 Å². The number of para-hydroxylation sites is 4. The standard InChI is InChI=1S/C62H40N2O/c1-2-14-41(15-3-1)46-34-39-49(59(40-46)64-56-24-9-6-19-52(56)53-20-7-10-25-57(53)64)43-30-35-47(36-31-43)63(58-26-12-17-45-29-28-42-16-4-5-18-50(42)61(45)58)48-37-32-44(33-38-48)51-22-13-23-55-54-21-8-11-27-60(54)65-62(51)55/h1-40H. The smallest absolute Gasteiger partial charge is 0.143 e. The van der Waals surface area contributed by atoms with E-state index in [1.165, 1.54) is 54.5 Å². The Morgan fingerprint density at radius 1 is 0.338 bits per heavy atom. The number of furan rings is 1. The minimum Gasteiger partial charge on any atom is -0.455 e. The number of hydrogen-bond donors (Lipinski definition) is 0. The second-order valence-electron chi connectivity index (χ2n) is 16.8. The molecule has 304 valence electrons. The quantitative estimate of drug-likeness (QED) is 0.149. The molecule has 3 heteroatoms. The molecule has 3 nitrogen and oxygen atoms in total. The van der Waals surface area contributed by atoms with E-state index in [9.17, 15) is 0 Å². The Labute approximate surface area is 376 Å². The van der Waals surface area contributed by atoms with Gasteiger partial charge in [-0.05, 0) is 93.0 Å². The minimum atomic E-state index is 0.902. The molecule has 0 atom stereocenters. The van der Waals surface area contributed by atoms with Gasteiger partial charge in [0.05, 0.1) is 22.4 Å². The summed E-state index contributed by atoms with van der Waals surface area (Å²) in [7, 11) is 0. The van der Waals surface area contributed by atoms with E-state index >= 15 is 0 Å². The van der Waals surface area contributed by atoms with E-state index in [0.29, 0.717) is 0 Å². The summed E-state index contributed by atoms with van der Waals surface area (Å²) in [6.45, 7) is 0. The number of aromatic nitrogens is 1. The van der Waals surface area contributed by atoms with Crippen LogP contribution in [0.2, 0.25) is 0 Å². The average molecular weight is 829 g/mol. The third kappa shape index (κ3) is 6.05. The van der Waals surface area contributed by atoms with Gasteiger partial charge in [-0.3, -0.25) is 0 Å². The van der Waals surface area contributed by atoms with Crippen molar-refractivity contribution >= 4 is 82.4 Å². The van der Waals surface area contributed by atoms with Crippen LogP contribution in [0.4, 0.5) is 17.1 Å². The molecule has 0 aliphatic carbocycles. The molecule has 0 radical (unpaired) electrons. The van der Waals surface area contributed by atoms with Gasteiger partial charge in [0.1, 0.15) is 11.2 Å². The van der Waals surface area contributed by atoms with Crippen LogP contribution in [-0.2, 0) is 0 Å². The van der Waals surface area contributed by atoms with Crippen LogP contribution in [0, 0.1) is 0 Å². The molecule has 65 heavy (non-hydrogen) atoms. The largest absolute Gasteiger partial charge is 0.455 e. The summed E-state index contributed by atoms with van der Waals surface area (Å²) >= 11 is 0. The average Bonchev–Trinajstić information content (AvgIpc) is 3.93. The molecule has 0 fully saturated rings. The maximum absolute atomic E-state index is 6.48. The normalized spacial score (nSPS) is 11.7. The van der Waals surface area contributed by atoms with E-state index in [1.807, 2.05) is 12.1 Å². The number of hydrogen-bond acceptors (Lipinski definition) is 2. The third-order valence-corrected chi connectivity index (χ3v) is 13.2. The fourth-order valence-electron chi connectivity index (χ4n) is 10.2. The van der Waals surface area contributed by atoms with Crippen molar-refractivity contribution in [3.8, 4) is 39.1 Å². The zero-order chi connectivity index (χ0) is 42.8. The highest BCUT2D eigenvalue weighted by atomic mass is 16.3. The molecular weight excluding hydrogens is 789 g/mol. The van der Waals surface area contributed by atoms with Crippen LogP contribution in [0.15, 0.2) is 247 Å². The highest BCUT2D eigenvalue weighted by molar-refractivity contribution is 6.15. The summed E-state index contributed by atoms with van der Waals surface area (Å²) in [5.74, 6) is 0. The molecular formula is C62H40N2O. The van der Waals surface area contributed by atoms with Gasteiger partial charge in [0.15, 0.2) is 0 Å². The molecule has 0 aliphatic heterocycles. The molecule has 0 unspecified atom stereocenters. The van der Waals surface area contributed by atoms with E-state index in [0.717, 1.165) is 66.9 Å². The predicted octanol–water partition coefficient (Wildman–Crippen LogP) is 17.5. The van der Waals surface area contributed by atoms with E-state index < -0.39 is 0 Å². The van der Waals surface area contributed by atoms with Crippen molar-refractivity contribution in [1.82, 2.24) is 4.57 Å². The first-order chi connectivity index (χ1) is 32.2. The van der Waals surface area contributed by atoms with Gasteiger partial charge in [-0.2, -0.15) is 0 Å². The number of anilines is 3. The summed E-state index contributed by atoms with van der Waals surface area (Å²) in [5, 5.41) is 9.61. The third-order valence-electron chi connectivity index (χ3n) is 13.2. The zero-order valence-electron chi connectivity index (χ0n) is 35.4. The van der Waals surface area contributed by atoms with Crippen molar-refractivity contribution in [3.05, 3.63) is 243 Å². The Hall–Kier alpha value is -8.66. The van der Waals surface area contributed by atoms with Gasteiger partial charge in [-0.25, -0.2) is 0 Å². The second-order valence-corrected chi connectivity index (χ2v) is 16.8. The molecule has 0 N–H and O–H groups in total. The van der Waals surface area contributed by atoms with Crippen LogP contribution >= 0.6 is 0 Å². The number of rotatable bonds is 7. The van der Waals surface area contributed by atoms with Crippen molar-refractivity contribution in [2.24, 2.45) is 0 Å². The molecule has 0 saturated heterocycles. The van der Waals surface area contributed by atoms with Crippen molar-refractivity contribution in [2.75, 3.05) is 4.90 Å². The highest BCUT2D eigenvalue weighted by Gasteiger charge is 2.21. The van der Waals surface area contributed by atoms with Crippen molar-refractivity contribution < 1.29 is 4.42 Å². The van der Waals surface area contributed by atoms with Gasteiger partial charge in [0.2, 0.25) is 0 Å². The van der Waals surface area contributed by atoms with Gasteiger partial charge < -0.3 is 13.9 Å². The molecule has 0 aliphatic rings. The second kappa shape index (κ2) is 15.0.